The molecule has 5 nitrogen and oxygen atoms in total. The van der Waals surface area contributed by atoms with Crippen LogP contribution in [-0.4, -0.2) is 45.9 Å². The second kappa shape index (κ2) is 11.3. The van der Waals surface area contributed by atoms with Crippen molar-refractivity contribution >= 4 is 23.7 Å². The van der Waals surface area contributed by atoms with Crippen LogP contribution in [0.2, 0.25) is 0 Å². The first-order valence-electron chi connectivity index (χ1n) is 15.0. The fraction of sp³-hybridized carbons (Fsp3) is 0.812. The highest BCUT2D eigenvalue weighted by Gasteiger charge is 2.60. The van der Waals surface area contributed by atoms with E-state index < -0.39 is 5.60 Å². The van der Waals surface area contributed by atoms with Gasteiger partial charge in [-0.2, -0.15) is 11.8 Å². The van der Waals surface area contributed by atoms with E-state index in [2.05, 4.69) is 58.5 Å². The lowest BCUT2D eigenvalue weighted by Crippen LogP contribution is -2.54. The Bertz CT molecular complexity index is 967. The summed E-state index contributed by atoms with van der Waals surface area (Å²) in [7, 11) is 0. The minimum atomic E-state index is -0.522. The van der Waals surface area contributed by atoms with Crippen molar-refractivity contribution in [3.8, 4) is 0 Å². The number of carbonyl (C=O) groups excluding carboxylic acids is 2. The minimum absolute atomic E-state index is 0.244. The molecule has 4 aliphatic rings. The molecule has 0 radical (unpaired) electrons. The zero-order valence-electron chi connectivity index (χ0n) is 24.7. The first-order chi connectivity index (χ1) is 17.9. The van der Waals surface area contributed by atoms with Crippen molar-refractivity contribution in [3.63, 3.8) is 0 Å². The first-order valence-corrected chi connectivity index (χ1v) is 16.0. The lowest BCUT2D eigenvalue weighted by atomic mass is 9.49. The lowest BCUT2D eigenvalue weighted by Gasteiger charge is -2.57. The maximum Gasteiger partial charge on any atom is 0.302 e. The van der Waals surface area contributed by atoms with E-state index in [0.29, 0.717) is 35.8 Å². The van der Waals surface area contributed by atoms with Crippen LogP contribution in [0.1, 0.15) is 106 Å². The van der Waals surface area contributed by atoms with Crippen LogP contribution in [-0.2, 0) is 19.1 Å². The van der Waals surface area contributed by atoms with Gasteiger partial charge in [-0.1, -0.05) is 57.9 Å². The molecule has 0 saturated heterocycles. The van der Waals surface area contributed by atoms with E-state index in [0.717, 1.165) is 31.4 Å². The summed E-state index contributed by atoms with van der Waals surface area (Å²) >= 11 is 2.05. The number of allylic oxidation sites excluding steroid dienone is 3. The van der Waals surface area contributed by atoms with Crippen LogP contribution in [0.5, 0.6) is 0 Å². The second-order valence-electron chi connectivity index (χ2n) is 13.0. The highest BCUT2D eigenvalue weighted by atomic mass is 32.2. The van der Waals surface area contributed by atoms with Gasteiger partial charge in [0.1, 0.15) is 12.2 Å². The van der Waals surface area contributed by atoms with E-state index >= 15 is 0 Å². The summed E-state index contributed by atoms with van der Waals surface area (Å²) in [6, 6.07) is 0. The third kappa shape index (κ3) is 5.38. The number of hydrogen-bond acceptors (Lipinski definition) is 6. The molecule has 3 saturated carbocycles. The van der Waals surface area contributed by atoms with Gasteiger partial charge in [-0.25, -0.2) is 0 Å². The van der Waals surface area contributed by atoms with Gasteiger partial charge in [0.05, 0.1) is 5.60 Å². The Morgan fingerprint density at radius 1 is 1.08 bits per heavy atom. The molecule has 6 heteroatoms. The van der Waals surface area contributed by atoms with Crippen molar-refractivity contribution in [2.45, 2.75) is 129 Å². The average molecular weight is 547 g/mol. The predicted octanol–water partition coefficient (Wildman–Crippen LogP) is 7.02. The molecule has 0 heterocycles. The molecule has 1 N–H and O–H groups in total. The van der Waals surface area contributed by atoms with Crippen LogP contribution in [0.25, 0.3) is 0 Å². The molecule has 1 unspecified atom stereocenters. The largest absolute Gasteiger partial charge is 0.462 e. The van der Waals surface area contributed by atoms with Crippen LogP contribution in [0.3, 0.4) is 0 Å². The van der Waals surface area contributed by atoms with Crippen LogP contribution >= 0.6 is 11.8 Å². The van der Waals surface area contributed by atoms with Crippen molar-refractivity contribution in [1.82, 2.24) is 0 Å². The number of aliphatic hydroxyl groups is 1. The van der Waals surface area contributed by atoms with Crippen LogP contribution in [0, 0.1) is 28.6 Å². The molecule has 0 bridgehead atoms. The molecule has 8 atom stereocenters. The summed E-state index contributed by atoms with van der Waals surface area (Å²) in [6.07, 6.45) is 12.7. The summed E-state index contributed by atoms with van der Waals surface area (Å²) in [6.45, 7) is 14.4. The van der Waals surface area contributed by atoms with Gasteiger partial charge in [-0.3, -0.25) is 9.59 Å². The molecular formula is C32H50O5S. The van der Waals surface area contributed by atoms with Gasteiger partial charge >= 0.3 is 11.9 Å². The Kier molecular flexibility index (Phi) is 8.84. The number of rotatable bonds is 9. The molecule has 214 valence electrons. The first kappa shape index (κ1) is 29.7. The van der Waals surface area contributed by atoms with E-state index in [1.54, 1.807) is 5.57 Å². The number of carbonyl (C=O) groups is 2. The zero-order chi connectivity index (χ0) is 27.9. The molecule has 4 rings (SSSR count). The number of thioether (sulfide) groups is 1. The monoisotopic (exact) mass is 546 g/mol. The number of ether oxygens (including phenoxy) is 2. The van der Waals surface area contributed by atoms with E-state index in [1.165, 1.54) is 38.7 Å². The Hall–Kier alpha value is -1.27. The highest BCUT2D eigenvalue weighted by molar-refractivity contribution is 7.99. The molecule has 0 spiro atoms. The van der Waals surface area contributed by atoms with Crippen molar-refractivity contribution in [1.29, 1.82) is 0 Å². The summed E-state index contributed by atoms with van der Waals surface area (Å²) in [5.74, 6) is 2.04. The summed E-state index contributed by atoms with van der Waals surface area (Å²) < 4.78 is 11.6. The number of hydrogen-bond donors (Lipinski definition) is 1. The molecule has 3 fully saturated rings. The predicted molar refractivity (Wildman–Crippen MR) is 154 cm³/mol. The number of fused-ring (bicyclic) bond motifs is 5. The molecular weight excluding hydrogens is 496 g/mol. The summed E-state index contributed by atoms with van der Waals surface area (Å²) in [4.78, 5) is 23.9. The van der Waals surface area contributed by atoms with E-state index in [4.69, 9.17) is 9.47 Å². The molecule has 0 aromatic heterocycles. The lowest BCUT2D eigenvalue weighted by molar-refractivity contribution is -0.165. The van der Waals surface area contributed by atoms with Crippen molar-refractivity contribution in [2.24, 2.45) is 28.6 Å². The second-order valence-corrected chi connectivity index (χ2v) is 14.5. The zero-order valence-corrected chi connectivity index (χ0v) is 25.5. The Morgan fingerprint density at radius 3 is 2.39 bits per heavy atom. The van der Waals surface area contributed by atoms with Gasteiger partial charge in [0.15, 0.2) is 0 Å². The highest BCUT2D eigenvalue weighted by Crippen LogP contribution is 2.66. The molecule has 0 aliphatic heterocycles. The fourth-order valence-corrected chi connectivity index (χ4v) is 10.2. The minimum Gasteiger partial charge on any atom is -0.462 e. The molecule has 0 aromatic rings. The van der Waals surface area contributed by atoms with E-state index in [-0.39, 0.29) is 35.0 Å². The van der Waals surface area contributed by atoms with Gasteiger partial charge in [0.25, 0.3) is 0 Å². The van der Waals surface area contributed by atoms with Crippen molar-refractivity contribution in [3.05, 3.63) is 23.3 Å². The summed E-state index contributed by atoms with van der Waals surface area (Å²) in [5.41, 5.74) is 2.31. The molecule has 38 heavy (non-hydrogen) atoms. The van der Waals surface area contributed by atoms with E-state index in [1.807, 2.05) is 0 Å². The van der Waals surface area contributed by atoms with Crippen LogP contribution in [0.4, 0.5) is 0 Å². The molecule has 4 aliphatic carbocycles. The number of esters is 2. The van der Waals surface area contributed by atoms with Crippen molar-refractivity contribution in [2.75, 3.05) is 5.75 Å². The smallest absolute Gasteiger partial charge is 0.302 e. The third-order valence-corrected chi connectivity index (χ3v) is 12.4. The Morgan fingerprint density at radius 2 is 1.76 bits per heavy atom. The standard InChI is InChI=1S/C32H50O5S/c1-8-32(35,9-2)16-17-38-20(3)26-12-13-27-25-11-10-23-18-24(36-21(4)33)19-29(37-22(5)34)31(23,7)28(25)14-15-30(26,27)6/h10-11,20,24,26-29,35H,8-9,12-19H2,1-7H3/t20?,24-,26-,27+,28+,29+,30-,31+/m1/s1. The quantitative estimate of drug-likeness (QED) is 0.313. The van der Waals surface area contributed by atoms with E-state index in [9.17, 15) is 14.7 Å². The Balaban J connectivity index is 1.54. The fourth-order valence-electron chi connectivity index (χ4n) is 8.67. The maximum atomic E-state index is 12.2. The third-order valence-electron chi connectivity index (χ3n) is 11.1. The maximum absolute atomic E-state index is 12.2. The topological polar surface area (TPSA) is 72.8 Å². The van der Waals surface area contributed by atoms with Crippen molar-refractivity contribution < 1.29 is 24.2 Å². The average Bonchev–Trinajstić information content (AvgIpc) is 3.21. The SMILES string of the molecule is CCC(O)(CC)CCSC(C)[C@H]1CC[C@H]2C3=CC=C4C[C@@H](OC(C)=O)C[C@H](OC(C)=O)[C@]4(C)[C@H]3CC[C@]12C. The molecule has 0 amide bonds. The molecule has 0 aromatic carbocycles. The van der Waals surface area contributed by atoms with Gasteiger partial charge in [0.2, 0.25) is 0 Å². The normalized spacial score (nSPS) is 37.2. The Labute approximate surface area is 234 Å². The van der Waals surface area contributed by atoms with Gasteiger partial charge < -0.3 is 14.6 Å². The van der Waals surface area contributed by atoms with Crippen LogP contribution < -0.4 is 0 Å². The van der Waals surface area contributed by atoms with Crippen LogP contribution in [0.15, 0.2) is 23.3 Å². The van der Waals surface area contributed by atoms with Gasteiger partial charge in [-0.15, -0.1) is 0 Å². The van der Waals surface area contributed by atoms with Gasteiger partial charge in [-0.05, 0) is 73.9 Å². The summed E-state index contributed by atoms with van der Waals surface area (Å²) in [5, 5.41) is 11.3. The van der Waals surface area contributed by atoms with Gasteiger partial charge in [0, 0.05) is 37.4 Å².